The van der Waals surface area contributed by atoms with Crippen molar-refractivity contribution < 1.29 is 17.0 Å². The van der Waals surface area contributed by atoms with Crippen molar-refractivity contribution in [3.63, 3.8) is 0 Å². The van der Waals surface area contributed by atoms with Crippen molar-refractivity contribution >= 4 is 40.1 Å². The standard InChI is InChI=1S/C19H19IN.ClH/c1-19(2)16-6-4-5-7-17(16)21(3)18(19)13-10-14-8-11-15(20)12-9-14;/h4-13H,1-3H3;1H/q+1;/p-1. The third-order valence-electron chi connectivity index (χ3n) is 4.24. The number of allylic oxidation sites excluding steroid dienone is 1. The van der Waals surface area contributed by atoms with Gasteiger partial charge >= 0.3 is 0 Å². The number of hydrogen-bond donors (Lipinski definition) is 0. The summed E-state index contributed by atoms with van der Waals surface area (Å²) in [5.74, 6) is 0. The first kappa shape index (κ1) is 17.2. The quantitative estimate of drug-likeness (QED) is 0.514. The topological polar surface area (TPSA) is 3.01 Å². The summed E-state index contributed by atoms with van der Waals surface area (Å²) < 4.78 is 3.57. The van der Waals surface area contributed by atoms with Gasteiger partial charge in [-0.3, -0.25) is 0 Å². The summed E-state index contributed by atoms with van der Waals surface area (Å²) in [6.07, 6.45) is 4.46. The molecule has 0 aliphatic carbocycles. The van der Waals surface area contributed by atoms with Crippen molar-refractivity contribution in [3.8, 4) is 0 Å². The average molecular weight is 424 g/mol. The van der Waals surface area contributed by atoms with Crippen LogP contribution in [0.2, 0.25) is 0 Å². The second-order valence-electron chi connectivity index (χ2n) is 5.97. The fourth-order valence-corrected chi connectivity index (χ4v) is 3.41. The van der Waals surface area contributed by atoms with Gasteiger partial charge in [0.15, 0.2) is 5.71 Å². The van der Waals surface area contributed by atoms with E-state index in [0.29, 0.717) is 0 Å². The van der Waals surface area contributed by atoms with Gasteiger partial charge in [-0.15, -0.1) is 0 Å². The average Bonchev–Trinajstić information content (AvgIpc) is 2.67. The predicted molar refractivity (Wildman–Crippen MR) is 98.5 cm³/mol. The molecule has 1 aliphatic heterocycles. The van der Waals surface area contributed by atoms with Gasteiger partial charge in [0, 0.05) is 21.3 Å². The van der Waals surface area contributed by atoms with Crippen LogP contribution in [0.4, 0.5) is 5.69 Å². The van der Waals surface area contributed by atoms with Crippen LogP contribution in [-0.4, -0.2) is 17.3 Å². The van der Waals surface area contributed by atoms with Crippen molar-refractivity contribution in [2.24, 2.45) is 0 Å². The third-order valence-corrected chi connectivity index (χ3v) is 4.96. The lowest BCUT2D eigenvalue weighted by Gasteiger charge is -2.15. The number of fused-ring (bicyclic) bond motifs is 1. The minimum atomic E-state index is 0. The molecule has 1 heterocycles. The van der Waals surface area contributed by atoms with Gasteiger partial charge in [0.25, 0.3) is 0 Å². The molecule has 2 aromatic rings. The monoisotopic (exact) mass is 423 g/mol. The van der Waals surface area contributed by atoms with Gasteiger partial charge in [-0.1, -0.05) is 30.3 Å². The van der Waals surface area contributed by atoms with Crippen LogP contribution in [0.15, 0.2) is 54.6 Å². The number of rotatable bonds is 2. The van der Waals surface area contributed by atoms with Crippen LogP contribution >= 0.6 is 22.6 Å². The van der Waals surface area contributed by atoms with E-state index >= 15 is 0 Å². The molecule has 3 rings (SSSR count). The summed E-state index contributed by atoms with van der Waals surface area (Å²) >= 11 is 2.33. The second-order valence-corrected chi connectivity index (χ2v) is 7.22. The SMILES string of the molecule is C[N+]1=C(C=Cc2ccc(I)cc2)C(C)(C)c2ccccc21.[Cl-]. The summed E-state index contributed by atoms with van der Waals surface area (Å²) in [7, 11) is 2.15. The van der Waals surface area contributed by atoms with E-state index in [-0.39, 0.29) is 17.8 Å². The zero-order valence-electron chi connectivity index (χ0n) is 13.0. The van der Waals surface area contributed by atoms with Gasteiger partial charge in [-0.25, -0.2) is 0 Å². The lowest BCUT2D eigenvalue weighted by Crippen LogP contribution is -3.00. The van der Waals surface area contributed by atoms with Crippen LogP contribution in [0.25, 0.3) is 6.08 Å². The maximum absolute atomic E-state index is 2.33. The predicted octanol–water partition coefficient (Wildman–Crippen LogP) is 2.01. The molecule has 0 amide bonds. The molecule has 1 aliphatic rings. The van der Waals surface area contributed by atoms with E-state index in [0.717, 1.165) is 0 Å². The molecule has 0 saturated heterocycles. The van der Waals surface area contributed by atoms with Gasteiger partial charge in [0.05, 0.1) is 5.41 Å². The van der Waals surface area contributed by atoms with E-state index in [9.17, 15) is 0 Å². The fraction of sp³-hybridized carbons (Fsp3) is 0.211. The second kappa shape index (κ2) is 6.55. The van der Waals surface area contributed by atoms with Crippen LogP contribution in [0.5, 0.6) is 0 Å². The maximum Gasteiger partial charge on any atom is 0.209 e. The van der Waals surface area contributed by atoms with Crippen molar-refractivity contribution in [1.29, 1.82) is 0 Å². The normalized spacial score (nSPS) is 15.8. The third kappa shape index (κ3) is 2.99. The summed E-state index contributed by atoms with van der Waals surface area (Å²) in [5.41, 5.74) is 5.33. The van der Waals surface area contributed by atoms with Crippen molar-refractivity contribution in [3.05, 3.63) is 69.3 Å². The molecule has 0 saturated carbocycles. The van der Waals surface area contributed by atoms with Gasteiger partial charge in [0.2, 0.25) is 5.69 Å². The Bertz CT molecular complexity index is 742. The zero-order valence-corrected chi connectivity index (χ0v) is 15.9. The molecular weight excluding hydrogens is 405 g/mol. The Morgan fingerprint density at radius 2 is 1.59 bits per heavy atom. The van der Waals surface area contributed by atoms with Gasteiger partial charge in [-0.05, 0) is 60.2 Å². The molecule has 3 heteroatoms. The van der Waals surface area contributed by atoms with Gasteiger partial charge < -0.3 is 12.4 Å². The molecule has 0 bridgehead atoms. The van der Waals surface area contributed by atoms with Crippen molar-refractivity contribution in [2.45, 2.75) is 19.3 Å². The Morgan fingerprint density at radius 1 is 0.955 bits per heavy atom. The molecule has 0 aromatic heterocycles. The number of para-hydroxylation sites is 1. The summed E-state index contributed by atoms with van der Waals surface area (Å²) in [6, 6.07) is 17.3. The molecule has 114 valence electrons. The number of nitrogens with zero attached hydrogens (tertiary/aromatic N) is 1. The van der Waals surface area contributed by atoms with Crippen LogP contribution in [-0.2, 0) is 5.41 Å². The molecule has 0 fully saturated rings. The highest BCUT2D eigenvalue weighted by atomic mass is 127. The van der Waals surface area contributed by atoms with Gasteiger partial charge in [-0.2, -0.15) is 4.58 Å². The Kier molecular flexibility index (Phi) is 5.13. The van der Waals surface area contributed by atoms with Gasteiger partial charge in [0.1, 0.15) is 7.05 Å². The summed E-state index contributed by atoms with van der Waals surface area (Å²) in [5, 5.41) is 0. The number of benzene rings is 2. The highest BCUT2D eigenvalue weighted by Crippen LogP contribution is 2.39. The van der Waals surface area contributed by atoms with E-state index in [1.54, 1.807) is 0 Å². The lowest BCUT2D eigenvalue weighted by molar-refractivity contribution is -0.401. The zero-order chi connectivity index (χ0) is 15.0. The van der Waals surface area contributed by atoms with E-state index in [1.165, 1.54) is 26.1 Å². The van der Waals surface area contributed by atoms with E-state index in [1.807, 2.05) is 0 Å². The number of hydrogen-bond acceptors (Lipinski definition) is 0. The molecule has 22 heavy (non-hydrogen) atoms. The number of halogens is 2. The Balaban J connectivity index is 0.00000176. The first-order valence-corrected chi connectivity index (χ1v) is 8.22. The molecule has 0 radical (unpaired) electrons. The Labute approximate surface area is 152 Å². The first-order chi connectivity index (χ1) is 10.00. The molecule has 0 spiro atoms. The molecular formula is C19H19ClIN. The van der Waals surface area contributed by atoms with Crippen molar-refractivity contribution in [2.75, 3.05) is 7.05 Å². The smallest absolute Gasteiger partial charge is 0.209 e. The van der Waals surface area contributed by atoms with E-state index < -0.39 is 0 Å². The highest BCUT2D eigenvalue weighted by Gasteiger charge is 2.42. The molecule has 0 N–H and O–H groups in total. The van der Waals surface area contributed by atoms with Crippen LogP contribution in [0, 0.1) is 3.57 Å². The minimum absolute atomic E-state index is 0. The lowest BCUT2D eigenvalue weighted by atomic mass is 9.81. The maximum atomic E-state index is 2.33. The minimum Gasteiger partial charge on any atom is -1.00 e. The van der Waals surface area contributed by atoms with Crippen LogP contribution in [0.1, 0.15) is 25.0 Å². The fourth-order valence-electron chi connectivity index (χ4n) is 3.05. The summed E-state index contributed by atoms with van der Waals surface area (Å²) in [4.78, 5) is 0. The molecule has 0 unspecified atom stereocenters. The Morgan fingerprint density at radius 3 is 2.23 bits per heavy atom. The largest absolute Gasteiger partial charge is 1.00 e. The van der Waals surface area contributed by atoms with Crippen LogP contribution in [0.3, 0.4) is 0 Å². The van der Waals surface area contributed by atoms with Crippen LogP contribution < -0.4 is 12.4 Å². The summed E-state index contributed by atoms with van der Waals surface area (Å²) in [6.45, 7) is 4.59. The molecule has 0 atom stereocenters. The Hall–Kier alpha value is -1.13. The van der Waals surface area contributed by atoms with E-state index in [4.69, 9.17) is 0 Å². The highest BCUT2D eigenvalue weighted by molar-refractivity contribution is 14.1. The first-order valence-electron chi connectivity index (χ1n) is 7.14. The van der Waals surface area contributed by atoms with E-state index in [2.05, 4.69) is 109 Å². The van der Waals surface area contributed by atoms with Crippen molar-refractivity contribution in [1.82, 2.24) is 0 Å². The molecule has 2 aromatic carbocycles. The molecule has 1 nitrogen and oxygen atoms in total.